The van der Waals surface area contributed by atoms with Crippen LogP contribution >= 0.6 is 34.8 Å². The molecule has 0 aliphatic heterocycles. The molecule has 1 aliphatic rings. The molecule has 7 heteroatoms. The number of phenolic OH excluding ortho intramolecular Hbond substituents is 1. The lowest BCUT2D eigenvalue weighted by Gasteiger charge is -2.33. The fourth-order valence-electron chi connectivity index (χ4n) is 2.87. The maximum Gasteiger partial charge on any atom is 0.265 e. The van der Waals surface area contributed by atoms with Crippen molar-refractivity contribution < 1.29 is 14.6 Å². The third-order valence-electron chi connectivity index (χ3n) is 3.86. The monoisotopic (exact) mass is 377 g/mol. The number of nitrogens with one attached hydrogen (secondary N) is 1. The average Bonchev–Trinajstić information content (AvgIpc) is 2.40. The van der Waals surface area contributed by atoms with E-state index in [2.05, 4.69) is 0 Å². The minimum Gasteiger partial charge on any atom is -0.508 e. The quantitative estimate of drug-likeness (QED) is 0.456. The van der Waals surface area contributed by atoms with E-state index in [0.717, 1.165) is 5.56 Å². The molecular formula is C16H18Cl3NO3. The van der Waals surface area contributed by atoms with Crippen LogP contribution in [0.15, 0.2) is 18.2 Å². The number of hydrogen-bond donors (Lipinski definition) is 2. The van der Waals surface area contributed by atoms with Gasteiger partial charge in [-0.15, -0.1) is 0 Å². The van der Waals surface area contributed by atoms with E-state index in [-0.39, 0.29) is 17.5 Å². The van der Waals surface area contributed by atoms with Crippen molar-refractivity contribution in [2.45, 2.75) is 42.5 Å². The van der Waals surface area contributed by atoms with Gasteiger partial charge < -0.3 is 9.84 Å². The molecule has 126 valence electrons. The number of alkyl halides is 3. The first-order valence-electron chi connectivity index (χ1n) is 7.20. The molecule has 2 N–H and O–H groups in total. The molecule has 1 aromatic rings. The molecule has 0 spiro atoms. The van der Waals surface area contributed by atoms with E-state index >= 15 is 0 Å². The highest BCUT2D eigenvalue weighted by atomic mass is 35.6. The topological polar surface area (TPSA) is 70.4 Å². The summed E-state index contributed by atoms with van der Waals surface area (Å²) in [6.45, 7) is 3.52. The summed E-state index contributed by atoms with van der Waals surface area (Å²) in [7, 11) is 0. The van der Waals surface area contributed by atoms with Crippen molar-refractivity contribution in [1.82, 2.24) is 0 Å². The highest BCUT2D eigenvalue weighted by molar-refractivity contribution is 6.76. The van der Waals surface area contributed by atoms with Crippen molar-refractivity contribution in [2.75, 3.05) is 0 Å². The minimum absolute atomic E-state index is 0.0170. The summed E-state index contributed by atoms with van der Waals surface area (Å²) in [6, 6.07) is 4.79. The van der Waals surface area contributed by atoms with Gasteiger partial charge in [-0.3, -0.25) is 10.2 Å². The molecule has 0 radical (unpaired) electrons. The van der Waals surface area contributed by atoms with Crippen LogP contribution in [0.2, 0.25) is 0 Å². The van der Waals surface area contributed by atoms with Gasteiger partial charge in [-0.1, -0.05) is 34.8 Å². The van der Waals surface area contributed by atoms with E-state index in [9.17, 15) is 9.90 Å². The number of phenols is 1. The van der Waals surface area contributed by atoms with Gasteiger partial charge >= 0.3 is 0 Å². The Bertz CT molecular complexity index is 638. The second kappa shape index (κ2) is 6.50. The lowest BCUT2D eigenvalue weighted by Crippen LogP contribution is -2.37. The molecule has 4 nitrogen and oxygen atoms in total. The molecule has 1 atom stereocenters. The number of benzene rings is 1. The van der Waals surface area contributed by atoms with Gasteiger partial charge in [0, 0.05) is 11.5 Å². The number of Topliss-reactive ketones (excluding diaryl/α,β-unsaturated/α-hetero) is 1. The predicted octanol–water partition coefficient (Wildman–Crippen LogP) is 4.67. The van der Waals surface area contributed by atoms with Gasteiger partial charge in [0.2, 0.25) is 5.90 Å². The van der Waals surface area contributed by atoms with Gasteiger partial charge in [-0.25, -0.2) is 0 Å². The molecule has 0 bridgehead atoms. The standard InChI is InChI=1S/C16H18Cl3NO3/c1-15(2,23-14(20)16(17,18)19)8-10-4-3-9-7-11(21)5-6-12(9)13(10)22/h5-7,10,20-21H,3-4,8H2,1-2H3. The zero-order valence-corrected chi connectivity index (χ0v) is 15.1. The Morgan fingerprint density at radius 1 is 1.39 bits per heavy atom. The number of ether oxygens (including phenoxy) is 1. The Balaban J connectivity index is 2.10. The number of rotatable bonds is 3. The van der Waals surface area contributed by atoms with Gasteiger partial charge in [-0.2, -0.15) is 0 Å². The molecular weight excluding hydrogens is 361 g/mol. The first kappa shape index (κ1) is 18.4. The number of aryl methyl sites for hydroxylation is 1. The van der Waals surface area contributed by atoms with Crippen LogP contribution in [0, 0.1) is 11.3 Å². The fraction of sp³-hybridized carbons (Fsp3) is 0.500. The number of aromatic hydroxyl groups is 1. The highest BCUT2D eigenvalue weighted by Gasteiger charge is 2.37. The molecule has 0 heterocycles. The number of carbonyl (C=O) groups is 1. The smallest absolute Gasteiger partial charge is 0.265 e. The van der Waals surface area contributed by atoms with Crippen molar-refractivity contribution in [3.8, 4) is 5.75 Å². The molecule has 1 unspecified atom stereocenters. The van der Waals surface area contributed by atoms with Gasteiger partial charge in [0.15, 0.2) is 5.78 Å². The van der Waals surface area contributed by atoms with E-state index in [1.54, 1.807) is 26.0 Å². The van der Waals surface area contributed by atoms with Crippen molar-refractivity contribution in [1.29, 1.82) is 5.41 Å². The number of fused-ring (bicyclic) bond motifs is 1. The van der Waals surface area contributed by atoms with E-state index in [1.165, 1.54) is 6.07 Å². The number of carbonyl (C=O) groups excluding carboxylic acids is 1. The average molecular weight is 379 g/mol. The van der Waals surface area contributed by atoms with E-state index in [4.69, 9.17) is 44.9 Å². The first-order chi connectivity index (χ1) is 10.5. The van der Waals surface area contributed by atoms with Crippen LogP contribution in [-0.4, -0.2) is 26.2 Å². The molecule has 0 saturated carbocycles. The van der Waals surface area contributed by atoms with Crippen molar-refractivity contribution >= 4 is 46.5 Å². The summed E-state index contributed by atoms with van der Waals surface area (Å²) in [5.74, 6) is -0.510. The third-order valence-corrected chi connectivity index (χ3v) is 4.38. The second-order valence-electron chi connectivity index (χ2n) is 6.33. The largest absolute Gasteiger partial charge is 0.508 e. The zero-order valence-electron chi connectivity index (χ0n) is 12.8. The van der Waals surface area contributed by atoms with E-state index in [1.807, 2.05) is 0 Å². The van der Waals surface area contributed by atoms with Crippen LogP contribution < -0.4 is 0 Å². The lowest BCUT2D eigenvalue weighted by molar-refractivity contribution is 0.0525. The summed E-state index contributed by atoms with van der Waals surface area (Å²) in [5, 5.41) is 17.2. The predicted molar refractivity (Wildman–Crippen MR) is 92.0 cm³/mol. The van der Waals surface area contributed by atoms with Crippen LogP contribution in [-0.2, 0) is 11.2 Å². The molecule has 1 aromatic carbocycles. The van der Waals surface area contributed by atoms with Crippen molar-refractivity contribution in [3.63, 3.8) is 0 Å². The summed E-state index contributed by atoms with van der Waals surface area (Å²) in [4.78, 5) is 12.6. The van der Waals surface area contributed by atoms with Gasteiger partial charge in [0.25, 0.3) is 3.79 Å². The summed E-state index contributed by atoms with van der Waals surface area (Å²) >= 11 is 16.9. The summed E-state index contributed by atoms with van der Waals surface area (Å²) < 4.78 is 3.54. The molecule has 0 saturated heterocycles. The number of hydrogen-bond acceptors (Lipinski definition) is 4. The Labute approximate surface area is 150 Å². The Morgan fingerprint density at radius 3 is 2.65 bits per heavy atom. The van der Waals surface area contributed by atoms with E-state index in [0.29, 0.717) is 24.8 Å². The maximum atomic E-state index is 12.6. The van der Waals surface area contributed by atoms with Crippen LogP contribution in [0.25, 0.3) is 0 Å². The number of halogens is 3. The van der Waals surface area contributed by atoms with Gasteiger partial charge in [0.1, 0.15) is 11.4 Å². The molecule has 2 rings (SSSR count). The summed E-state index contributed by atoms with van der Waals surface area (Å²) in [5.41, 5.74) is 0.681. The lowest BCUT2D eigenvalue weighted by atomic mass is 9.78. The Kier molecular flexibility index (Phi) is 5.19. The number of ketones is 1. The molecule has 1 aliphatic carbocycles. The van der Waals surface area contributed by atoms with Gasteiger partial charge in [0.05, 0.1) is 0 Å². The Morgan fingerprint density at radius 2 is 2.04 bits per heavy atom. The summed E-state index contributed by atoms with van der Waals surface area (Å²) in [6.07, 6.45) is 1.77. The normalized spacial score (nSPS) is 18.5. The second-order valence-corrected chi connectivity index (χ2v) is 8.62. The SMILES string of the molecule is CC(C)(CC1CCc2cc(O)ccc2C1=O)OC(=N)C(Cl)(Cl)Cl. The third kappa shape index (κ3) is 4.52. The highest BCUT2D eigenvalue weighted by Crippen LogP contribution is 2.36. The van der Waals surface area contributed by atoms with Gasteiger partial charge in [-0.05, 0) is 56.9 Å². The van der Waals surface area contributed by atoms with Crippen molar-refractivity contribution in [3.05, 3.63) is 29.3 Å². The molecule has 23 heavy (non-hydrogen) atoms. The van der Waals surface area contributed by atoms with Crippen molar-refractivity contribution in [2.24, 2.45) is 5.92 Å². The van der Waals surface area contributed by atoms with Crippen LogP contribution in [0.3, 0.4) is 0 Å². The first-order valence-corrected chi connectivity index (χ1v) is 8.34. The molecule has 0 amide bonds. The van der Waals surface area contributed by atoms with E-state index < -0.39 is 15.3 Å². The molecule has 0 fully saturated rings. The fourth-order valence-corrected chi connectivity index (χ4v) is 2.99. The maximum absolute atomic E-state index is 12.6. The van der Waals surface area contributed by atoms with Crippen LogP contribution in [0.5, 0.6) is 5.75 Å². The minimum atomic E-state index is -1.92. The van der Waals surface area contributed by atoms with Crippen LogP contribution in [0.1, 0.15) is 42.6 Å². The Hall–Kier alpha value is -0.970. The molecule has 0 aromatic heterocycles. The van der Waals surface area contributed by atoms with Crippen LogP contribution in [0.4, 0.5) is 0 Å². The zero-order chi connectivity index (χ0) is 17.4.